The van der Waals surface area contributed by atoms with Crippen LogP contribution >= 0.6 is 0 Å². The average molecular weight is 318 g/mol. The first-order chi connectivity index (χ1) is 9.83. The first kappa shape index (κ1) is 18.1. The Kier molecular flexibility index (Phi) is 6.79. The highest BCUT2D eigenvalue weighted by atomic mass is 32.2. The van der Waals surface area contributed by atoms with Crippen molar-refractivity contribution in [3.05, 3.63) is 11.4 Å². The van der Waals surface area contributed by atoms with Gasteiger partial charge in [-0.2, -0.15) is 5.10 Å². The average Bonchev–Trinajstić information content (AvgIpc) is 2.68. The summed E-state index contributed by atoms with van der Waals surface area (Å²) in [4.78, 5) is 0.267. The van der Waals surface area contributed by atoms with E-state index < -0.39 is 10.0 Å². The largest absolute Gasteiger partial charge is 0.385 e. The Hall–Kier alpha value is -0.960. The van der Waals surface area contributed by atoms with Crippen molar-refractivity contribution in [2.75, 3.05) is 20.3 Å². The topological polar surface area (TPSA) is 99.2 Å². The number of hydrogen-bond donors (Lipinski definition) is 2. The van der Waals surface area contributed by atoms with Crippen molar-refractivity contribution in [1.29, 1.82) is 0 Å². The maximum absolute atomic E-state index is 12.5. The van der Waals surface area contributed by atoms with E-state index in [2.05, 4.69) is 9.82 Å². The summed E-state index contributed by atoms with van der Waals surface area (Å²) < 4.78 is 34.4. The van der Waals surface area contributed by atoms with Crippen LogP contribution in [0.15, 0.2) is 4.90 Å². The van der Waals surface area contributed by atoms with Crippen LogP contribution in [0.4, 0.5) is 0 Å². The Morgan fingerprint density at radius 1 is 1.43 bits per heavy atom. The molecule has 1 rings (SSSR count). The molecule has 0 saturated carbocycles. The lowest BCUT2D eigenvalue weighted by atomic mass is 10.3. The molecule has 0 aromatic carbocycles. The zero-order valence-corrected chi connectivity index (χ0v) is 14.0. The molecule has 0 fully saturated rings. The van der Waals surface area contributed by atoms with Crippen LogP contribution in [0.5, 0.6) is 0 Å². The van der Waals surface area contributed by atoms with Crippen molar-refractivity contribution < 1.29 is 13.2 Å². The molecule has 0 aliphatic carbocycles. The van der Waals surface area contributed by atoms with Gasteiger partial charge in [0, 0.05) is 26.3 Å². The molecule has 1 aromatic heterocycles. The van der Waals surface area contributed by atoms with E-state index in [9.17, 15) is 8.42 Å². The van der Waals surface area contributed by atoms with E-state index in [1.54, 1.807) is 25.6 Å². The van der Waals surface area contributed by atoms with Crippen LogP contribution in [0.25, 0.3) is 0 Å². The highest BCUT2D eigenvalue weighted by Gasteiger charge is 2.25. The summed E-state index contributed by atoms with van der Waals surface area (Å²) in [5, 5.41) is 4.30. The smallest absolute Gasteiger partial charge is 0.244 e. The molecule has 1 heterocycles. The molecule has 0 radical (unpaired) electrons. The number of methoxy groups -OCH3 is 1. The quantitative estimate of drug-likeness (QED) is 0.693. The minimum absolute atomic E-state index is 0.193. The van der Waals surface area contributed by atoms with Crippen LogP contribution in [0.3, 0.4) is 0 Å². The SMILES string of the molecule is COCCC(C)NS(=O)(=O)c1c(C)nn(CCCN)c1C. The van der Waals surface area contributed by atoms with Crippen molar-refractivity contribution in [3.8, 4) is 0 Å². The van der Waals surface area contributed by atoms with Gasteiger partial charge >= 0.3 is 0 Å². The lowest BCUT2D eigenvalue weighted by molar-refractivity contribution is 0.188. The van der Waals surface area contributed by atoms with Crippen molar-refractivity contribution >= 4 is 10.0 Å². The summed E-state index contributed by atoms with van der Waals surface area (Å²) >= 11 is 0. The maximum atomic E-state index is 12.5. The van der Waals surface area contributed by atoms with E-state index in [4.69, 9.17) is 10.5 Å². The van der Waals surface area contributed by atoms with Gasteiger partial charge in [0.05, 0.1) is 11.4 Å². The number of ether oxygens (including phenoxy) is 1. The molecule has 0 saturated heterocycles. The minimum Gasteiger partial charge on any atom is -0.385 e. The number of nitrogens with zero attached hydrogens (tertiary/aromatic N) is 2. The molecule has 1 unspecified atom stereocenters. The first-order valence-corrected chi connectivity index (χ1v) is 8.57. The Balaban J connectivity index is 2.95. The van der Waals surface area contributed by atoms with Crippen LogP contribution in [-0.2, 0) is 21.3 Å². The third-order valence-corrected chi connectivity index (χ3v) is 5.11. The molecule has 21 heavy (non-hydrogen) atoms. The Labute approximate surface area is 126 Å². The second kappa shape index (κ2) is 7.88. The van der Waals surface area contributed by atoms with Gasteiger partial charge < -0.3 is 10.5 Å². The molecular weight excluding hydrogens is 292 g/mol. The highest BCUT2D eigenvalue weighted by Crippen LogP contribution is 2.20. The van der Waals surface area contributed by atoms with Gasteiger partial charge in [-0.3, -0.25) is 4.68 Å². The summed E-state index contributed by atoms with van der Waals surface area (Å²) in [7, 11) is -1.98. The van der Waals surface area contributed by atoms with Crippen molar-refractivity contribution in [2.24, 2.45) is 5.73 Å². The van der Waals surface area contributed by atoms with E-state index in [-0.39, 0.29) is 10.9 Å². The monoisotopic (exact) mass is 318 g/mol. The van der Waals surface area contributed by atoms with E-state index in [0.717, 1.165) is 6.42 Å². The molecule has 0 aliphatic rings. The van der Waals surface area contributed by atoms with Gasteiger partial charge in [-0.05, 0) is 40.2 Å². The molecule has 0 spiro atoms. The fourth-order valence-electron chi connectivity index (χ4n) is 2.21. The third-order valence-electron chi connectivity index (χ3n) is 3.27. The number of aryl methyl sites for hydroxylation is 2. The van der Waals surface area contributed by atoms with Crippen molar-refractivity contribution in [3.63, 3.8) is 0 Å². The highest BCUT2D eigenvalue weighted by molar-refractivity contribution is 7.89. The van der Waals surface area contributed by atoms with Gasteiger partial charge in [0.25, 0.3) is 0 Å². The minimum atomic E-state index is -3.58. The molecule has 7 nitrogen and oxygen atoms in total. The van der Waals surface area contributed by atoms with Crippen LogP contribution < -0.4 is 10.5 Å². The summed E-state index contributed by atoms with van der Waals surface area (Å²) in [6, 6.07) is -0.193. The zero-order chi connectivity index (χ0) is 16.0. The lowest BCUT2D eigenvalue weighted by Gasteiger charge is -2.14. The number of nitrogens with one attached hydrogen (secondary N) is 1. The van der Waals surface area contributed by atoms with E-state index in [0.29, 0.717) is 37.5 Å². The molecular formula is C13H26N4O3S. The molecule has 0 aliphatic heterocycles. The van der Waals surface area contributed by atoms with Gasteiger partial charge in [0.2, 0.25) is 10.0 Å². The maximum Gasteiger partial charge on any atom is 0.244 e. The lowest BCUT2D eigenvalue weighted by Crippen LogP contribution is -2.34. The summed E-state index contributed by atoms with van der Waals surface area (Å²) in [6.07, 6.45) is 1.38. The Morgan fingerprint density at radius 2 is 2.10 bits per heavy atom. The van der Waals surface area contributed by atoms with Gasteiger partial charge in [-0.15, -0.1) is 0 Å². The van der Waals surface area contributed by atoms with Crippen LogP contribution in [0, 0.1) is 13.8 Å². The number of nitrogens with two attached hydrogens (primary N) is 1. The predicted molar refractivity (Wildman–Crippen MR) is 81.6 cm³/mol. The predicted octanol–water partition coefficient (Wildman–Crippen LogP) is 0.552. The third kappa shape index (κ3) is 4.77. The van der Waals surface area contributed by atoms with Crippen molar-refractivity contribution in [1.82, 2.24) is 14.5 Å². The number of aromatic nitrogens is 2. The summed E-state index contributed by atoms with van der Waals surface area (Å²) in [5.41, 5.74) is 6.64. The van der Waals surface area contributed by atoms with Gasteiger partial charge in [0.1, 0.15) is 4.90 Å². The molecule has 0 bridgehead atoms. The summed E-state index contributed by atoms with van der Waals surface area (Å²) in [5.74, 6) is 0. The van der Waals surface area contributed by atoms with E-state index in [1.165, 1.54) is 0 Å². The molecule has 1 atom stereocenters. The molecule has 1 aromatic rings. The van der Waals surface area contributed by atoms with E-state index in [1.807, 2.05) is 6.92 Å². The van der Waals surface area contributed by atoms with Gasteiger partial charge in [-0.1, -0.05) is 0 Å². The fourth-order valence-corrected chi connectivity index (χ4v) is 3.89. The normalized spacial score (nSPS) is 13.6. The van der Waals surface area contributed by atoms with Crippen LogP contribution in [0.2, 0.25) is 0 Å². The second-order valence-corrected chi connectivity index (χ2v) is 6.82. The van der Waals surface area contributed by atoms with E-state index >= 15 is 0 Å². The van der Waals surface area contributed by atoms with Gasteiger partial charge in [0.15, 0.2) is 0 Å². The fraction of sp³-hybridized carbons (Fsp3) is 0.769. The standard InChI is InChI=1S/C13H26N4O3S/c1-10(6-9-20-4)16-21(18,19)13-11(2)15-17(12(13)3)8-5-7-14/h10,16H,5-9,14H2,1-4H3. The van der Waals surface area contributed by atoms with Gasteiger partial charge in [-0.25, -0.2) is 13.1 Å². The number of hydrogen-bond acceptors (Lipinski definition) is 5. The zero-order valence-electron chi connectivity index (χ0n) is 13.2. The number of sulfonamides is 1. The second-order valence-electron chi connectivity index (χ2n) is 5.17. The molecule has 8 heteroatoms. The first-order valence-electron chi connectivity index (χ1n) is 7.08. The summed E-state index contributed by atoms with van der Waals surface area (Å²) in [6.45, 7) is 6.98. The van der Waals surface area contributed by atoms with Crippen LogP contribution in [-0.4, -0.2) is 44.5 Å². The molecule has 0 amide bonds. The van der Waals surface area contributed by atoms with Crippen LogP contribution in [0.1, 0.15) is 31.2 Å². The molecule has 122 valence electrons. The Morgan fingerprint density at radius 3 is 2.67 bits per heavy atom. The number of rotatable bonds is 9. The molecule has 3 N–H and O–H groups in total. The Bertz CT molecular complexity index is 554. The van der Waals surface area contributed by atoms with Crippen molar-refractivity contribution in [2.45, 2.75) is 51.1 Å².